The molecule has 9 heteroatoms. The number of nitrogen functional groups attached to an aromatic ring is 1. The van der Waals surface area contributed by atoms with Crippen LogP contribution in [0.1, 0.15) is 0 Å². The van der Waals surface area contributed by atoms with Crippen LogP contribution in [0.5, 0.6) is 0 Å². The lowest BCUT2D eigenvalue weighted by atomic mass is 10.3. The number of benzene rings is 1. The van der Waals surface area contributed by atoms with Crippen molar-refractivity contribution in [2.45, 2.75) is 4.90 Å². The van der Waals surface area contributed by atoms with Gasteiger partial charge in [0.15, 0.2) is 0 Å². The molecule has 3 N–H and O–H groups in total. The van der Waals surface area contributed by atoms with Gasteiger partial charge in [0, 0.05) is 30.9 Å². The van der Waals surface area contributed by atoms with Crippen molar-refractivity contribution in [2.75, 3.05) is 39.1 Å². The van der Waals surface area contributed by atoms with Gasteiger partial charge in [0.2, 0.25) is 10.0 Å². The highest BCUT2D eigenvalue weighted by atomic mass is 79.9. The van der Waals surface area contributed by atoms with Crippen molar-refractivity contribution in [3.05, 3.63) is 21.6 Å². The Morgan fingerprint density at radius 2 is 2.10 bits per heavy atom. The van der Waals surface area contributed by atoms with E-state index in [4.69, 9.17) is 27.2 Å². The molecule has 0 saturated carbocycles. The van der Waals surface area contributed by atoms with Crippen LogP contribution < -0.4 is 5.73 Å². The number of rotatable bonds is 7. The number of hydrogen-bond acceptors (Lipinski definition) is 5. The van der Waals surface area contributed by atoms with Gasteiger partial charge in [-0.2, -0.15) is 4.31 Å². The number of nitrogens with zero attached hydrogens (tertiary/aromatic N) is 1. The van der Waals surface area contributed by atoms with Crippen molar-refractivity contribution in [1.29, 1.82) is 0 Å². The molecular weight excluding hydrogens is 372 g/mol. The molecule has 6 nitrogen and oxygen atoms in total. The number of hydrogen-bond donors (Lipinski definition) is 2. The van der Waals surface area contributed by atoms with Gasteiger partial charge in [-0.1, -0.05) is 11.6 Å². The first-order valence-electron chi connectivity index (χ1n) is 5.69. The summed E-state index contributed by atoms with van der Waals surface area (Å²) >= 11 is 9.01. The molecule has 0 aliphatic rings. The van der Waals surface area contributed by atoms with Crippen molar-refractivity contribution >= 4 is 43.2 Å². The average Bonchev–Trinajstić information content (AvgIpc) is 2.38. The Hall–Kier alpha value is -0.380. The number of aliphatic hydroxyl groups excluding tert-OH is 1. The molecule has 0 heterocycles. The second-order valence-electron chi connectivity index (χ2n) is 3.93. The zero-order valence-corrected chi connectivity index (χ0v) is 14.0. The summed E-state index contributed by atoms with van der Waals surface area (Å²) in [6, 6.07) is 2.77. The normalized spacial score (nSPS) is 12.1. The molecule has 1 rings (SSSR count). The molecule has 114 valence electrons. The van der Waals surface area contributed by atoms with E-state index in [-0.39, 0.29) is 46.4 Å². The van der Waals surface area contributed by atoms with Crippen LogP contribution in [-0.4, -0.2) is 51.2 Å². The number of anilines is 1. The molecule has 0 unspecified atom stereocenters. The third-order valence-electron chi connectivity index (χ3n) is 2.54. The first-order valence-corrected chi connectivity index (χ1v) is 8.30. The Labute approximate surface area is 131 Å². The molecule has 0 saturated heterocycles. The Morgan fingerprint density at radius 3 is 2.65 bits per heavy atom. The molecule has 0 bridgehead atoms. The summed E-state index contributed by atoms with van der Waals surface area (Å²) < 4.78 is 31.4. The second-order valence-corrected chi connectivity index (χ2v) is 7.06. The minimum absolute atomic E-state index is 0.0351. The van der Waals surface area contributed by atoms with Crippen LogP contribution in [0.4, 0.5) is 5.69 Å². The minimum atomic E-state index is -3.83. The van der Waals surface area contributed by atoms with E-state index in [1.54, 1.807) is 0 Å². The first-order chi connectivity index (χ1) is 9.34. The fraction of sp³-hybridized carbons (Fsp3) is 0.455. The number of aliphatic hydroxyl groups is 1. The highest BCUT2D eigenvalue weighted by Crippen LogP contribution is 2.33. The van der Waals surface area contributed by atoms with E-state index in [9.17, 15) is 8.42 Å². The number of sulfonamides is 1. The molecule has 0 aliphatic heterocycles. The summed E-state index contributed by atoms with van der Waals surface area (Å²) in [5, 5.41) is 9.24. The van der Waals surface area contributed by atoms with E-state index in [1.165, 1.54) is 19.2 Å². The van der Waals surface area contributed by atoms with Crippen LogP contribution in [0.3, 0.4) is 0 Å². The fourth-order valence-corrected chi connectivity index (χ4v) is 4.24. The Kier molecular flexibility index (Phi) is 6.70. The lowest BCUT2D eigenvalue weighted by molar-refractivity contribution is 0.168. The van der Waals surface area contributed by atoms with Gasteiger partial charge in [-0.3, -0.25) is 0 Å². The summed E-state index contributed by atoms with van der Waals surface area (Å²) in [7, 11) is -2.36. The first kappa shape index (κ1) is 17.7. The smallest absolute Gasteiger partial charge is 0.244 e. The fourth-order valence-electron chi connectivity index (χ4n) is 1.57. The van der Waals surface area contributed by atoms with E-state index in [0.29, 0.717) is 0 Å². The van der Waals surface area contributed by atoms with Crippen LogP contribution in [0.15, 0.2) is 21.5 Å². The van der Waals surface area contributed by atoms with Crippen molar-refractivity contribution in [2.24, 2.45) is 0 Å². The SMILES string of the molecule is COCCN(CCO)S(=O)(=O)c1cc(Cl)cc(N)c1Br. The standard InChI is InChI=1S/C11H16BrClN2O4S/c1-19-5-3-15(2-4-16)20(17,18)10-7-8(13)6-9(14)11(10)12/h6-7,16H,2-5,14H2,1H3. The minimum Gasteiger partial charge on any atom is -0.398 e. The summed E-state index contributed by atoms with van der Waals surface area (Å²) in [5.74, 6) is 0. The largest absolute Gasteiger partial charge is 0.398 e. The predicted molar refractivity (Wildman–Crippen MR) is 81.3 cm³/mol. The lowest BCUT2D eigenvalue weighted by Crippen LogP contribution is -2.36. The van der Waals surface area contributed by atoms with E-state index in [2.05, 4.69) is 15.9 Å². The van der Waals surface area contributed by atoms with Crippen LogP contribution in [0.2, 0.25) is 5.02 Å². The number of ether oxygens (including phenoxy) is 1. The van der Waals surface area contributed by atoms with Gasteiger partial charge >= 0.3 is 0 Å². The molecule has 0 spiro atoms. The van der Waals surface area contributed by atoms with Gasteiger partial charge in [0.25, 0.3) is 0 Å². The molecule has 20 heavy (non-hydrogen) atoms. The maximum Gasteiger partial charge on any atom is 0.244 e. The van der Waals surface area contributed by atoms with Crippen molar-refractivity contribution < 1.29 is 18.3 Å². The summed E-state index contributed by atoms with van der Waals surface area (Å²) in [4.78, 5) is -0.0351. The molecule has 1 aromatic rings. The third kappa shape index (κ3) is 4.06. The maximum atomic E-state index is 12.6. The Bertz CT molecular complexity index is 568. The summed E-state index contributed by atoms with van der Waals surface area (Å²) in [6.07, 6.45) is 0. The van der Waals surface area contributed by atoms with Crippen molar-refractivity contribution in [3.8, 4) is 0 Å². The molecule has 0 aliphatic carbocycles. The Morgan fingerprint density at radius 1 is 1.45 bits per heavy atom. The second kappa shape index (κ2) is 7.58. The quantitative estimate of drug-likeness (QED) is 0.688. The molecular formula is C11H16BrClN2O4S. The van der Waals surface area contributed by atoms with Gasteiger partial charge in [0.1, 0.15) is 0 Å². The van der Waals surface area contributed by atoms with Gasteiger partial charge in [-0.25, -0.2) is 8.42 Å². The highest BCUT2D eigenvalue weighted by Gasteiger charge is 2.27. The van der Waals surface area contributed by atoms with Crippen LogP contribution in [0.25, 0.3) is 0 Å². The third-order valence-corrected chi connectivity index (χ3v) is 5.83. The number of nitrogens with two attached hydrogens (primary N) is 1. The van der Waals surface area contributed by atoms with Crippen molar-refractivity contribution in [3.63, 3.8) is 0 Å². The average molecular weight is 388 g/mol. The van der Waals surface area contributed by atoms with E-state index < -0.39 is 10.0 Å². The summed E-state index contributed by atoms with van der Waals surface area (Å²) in [6.45, 7) is 0.00626. The number of methoxy groups -OCH3 is 1. The molecule has 0 aromatic heterocycles. The van der Waals surface area contributed by atoms with E-state index in [0.717, 1.165) is 4.31 Å². The highest BCUT2D eigenvalue weighted by molar-refractivity contribution is 9.10. The van der Waals surface area contributed by atoms with Gasteiger partial charge in [0.05, 0.1) is 22.6 Å². The summed E-state index contributed by atoms with van der Waals surface area (Å²) in [5.41, 5.74) is 5.93. The number of halogens is 2. The molecule has 0 radical (unpaired) electrons. The lowest BCUT2D eigenvalue weighted by Gasteiger charge is -2.22. The molecule has 0 fully saturated rings. The maximum absolute atomic E-state index is 12.6. The van der Waals surface area contributed by atoms with Gasteiger partial charge in [-0.15, -0.1) is 0 Å². The predicted octanol–water partition coefficient (Wildman–Crippen LogP) is 1.31. The van der Waals surface area contributed by atoms with Gasteiger partial charge < -0.3 is 15.6 Å². The van der Waals surface area contributed by atoms with Crippen LogP contribution in [0, 0.1) is 0 Å². The Balaban J connectivity index is 3.25. The molecule has 1 aromatic carbocycles. The zero-order chi connectivity index (χ0) is 15.3. The van der Waals surface area contributed by atoms with Crippen LogP contribution >= 0.6 is 27.5 Å². The molecule has 0 amide bonds. The zero-order valence-electron chi connectivity index (χ0n) is 10.8. The topological polar surface area (TPSA) is 92.9 Å². The van der Waals surface area contributed by atoms with E-state index >= 15 is 0 Å². The molecule has 0 atom stereocenters. The monoisotopic (exact) mass is 386 g/mol. The van der Waals surface area contributed by atoms with E-state index in [1.807, 2.05) is 0 Å². The van der Waals surface area contributed by atoms with Crippen LogP contribution in [-0.2, 0) is 14.8 Å². The van der Waals surface area contributed by atoms with Gasteiger partial charge in [-0.05, 0) is 28.1 Å². The van der Waals surface area contributed by atoms with Crippen molar-refractivity contribution in [1.82, 2.24) is 4.31 Å².